The lowest BCUT2D eigenvalue weighted by atomic mass is 10.1. The highest BCUT2D eigenvalue weighted by Crippen LogP contribution is 2.19. The fourth-order valence-corrected chi connectivity index (χ4v) is 2.42. The Morgan fingerprint density at radius 2 is 2.12 bits per heavy atom. The lowest BCUT2D eigenvalue weighted by Crippen LogP contribution is -2.43. The summed E-state index contributed by atoms with van der Waals surface area (Å²) in [4.78, 5) is 14.0. The molecule has 2 heterocycles. The number of likely N-dealkylation sites (tertiary alicyclic amines) is 1. The summed E-state index contributed by atoms with van der Waals surface area (Å²) in [5, 5.41) is 4.04. The second-order valence-corrected chi connectivity index (χ2v) is 4.95. The van der Waals surface area contributed by atoms with Crippen LogP contribution in [-0.2, 0) is 7.05 Å². The Bertz CT molecular complexity index is 382. The van der Waals surface area contributed by atoms with E-state index in [4.69, 9.17) is 5.73 Å². The maximum absolute atomic E-state index is 12.2. The largest absolute Gasteiger partial charge is 0.337 e. The number of carbonyl (C=O) groups is 1. The molecule has 5 nitrogen and oxygen atoms in total. The standard InChI is InChI=1S/C10H15BrN4O.ClH/c1-14-9(8(11)6-13-14)10(16)15-4-2-7(12)3-5-15;/h6-7H,2-5,12H2,1H3;1H. The van der Waals surface area contributed by atoms with E-state index in [2.05, 4.69) is 21.0 Å². The molecule has 0 spiro atoms. The van der Waals surface area contributed by atoms with Crippen LogP contribution in [0.1, 0.15) is 23.3 Å². The molecule has 1 fully saturated rings. The highest BCUT2D eigenvalue weighted by molar-refractivity contribution is 9.10. The van der Waals surface area contributed by atoms with Gasteiger partial charge < -0.3 is 10.6 Å². The third-order valence-electron chi connectivity index (χ3n) is 2.92. The summed E-state index contributed by atoms with van der Waals surface area (Å²) in [5.41, 5.74) is 6.42. The number of nitrogens with two attached hydrogens (primary N) is 1. The van der Waals surface area contributed by atoms with Gasteiger partial charge in [0.1, 0.15) is 5.69 Å². The van der Waals surface area contributed by atoms with Gasteiger partial charge in [-0.2, -0.15) is 5.10 Å². The summed E-state index contributed by atoms with van der Waals surface area (Å²) in [6, 6.07) is 0.235. The molecule has 0 unspecified atom stereocenters. The smallest absolute Gasteiger partial charge is 0.273 e. The van der Waals surface area contributed by atoms with Gasteiger partial charge in [0.2, 0.25) is 0 Å². The molecular formula is C10H16BrClN4O. The van der Waals surface area contributed by atoms with Gasteiger partial charge in [-0.25, -0.2) is 0 Å². The van der Waals surface area contributed by atoms with E-state index in [0.717, 1.165) is 30.4 Å². The number of piperidine rings is 1. The van der Waals surface area contributed by atoms with E-state index in [-0.39, 0.29) is 24.4 Å². The van der Waals surface area contributed by atoms with E-state index in [1.807, 2.05) is 4.90 Å². The number of hydrogen-bond donors (Lipinski definition) is 1. The maximum Gasteiger partial charge on any atom is 0.273 e. The zero-order valence-electron chi connectivity index (χ0n) is 9.60. The predicted octanol–water partition coefficient (Wildman–Crippen LogP) is 1.17. The molecule has 7 heteroatoms. The molecule has 2 N–H and O–H groups in total. The van der Waals surface area contributed by atoms with Crippen LogP contribution in [0.2, 0.25) is 0 Å². The number of aromatic nitrogens is 2. The second kappa shape index (κ2) is 5.84. The minimum atomic E-state index is 0. The molecule has 1 aliphatic rings. The van der Waals surface area contributed by atoms with Crippen LogP contribution in [0.5, 0.6) is 0 Å². The summed E-state index contributed by atoms with van der Waals surface area (Å²) >= 11 is 3.34. The molecule has 0 bridgehead atoms. The first-order chi connectivity index (χ1) is 7.59. The minimum Gasteiger partial charge on any atom is -0.337 e. The molecule has 1 aliphatic heterocycles. The van der Waals surface area contributed by atoms with Gasteiger partial charge in [0.15, 0.2) is 0 Å². The van der Waals surface area contributed by atoms with E-state index >= 15 is 0 Å². The molecule has 2 rings (SSSR count). The van der Waals surface area contributed by atoms with Crippen molar-refractivity contribution in [2.45, 2.75) is 18.9 Å². The number of aryl methyl sites for hydroxylation is 1. The highest BCUT2D eigenvalue weighted by Gasteiger charge is 2.25. The molecule has 1 aromatic heterocycles. The Hall–Kier alpha value is -0.590. The number of halogens is 2. The van der Waals surface area contributed by atoms with Crippen LogP contribution in [0.25, 0.3) is 0 Å². The molecule has 96 valence electrons. The van der Waals surface area contributed by atoms with Crippen molar-refractivity contribution in [2.24, 2.45) is 12.8 Å². The predicted molar refractivity (Wildman–Crippen MR) is 71.3 cm³/mol. The van der Waals surface area contributed by atoms with E-state index in [9.17, 15) is 4.79 Å². The van der Waals surface area contributed by atoms with Crippen LogP contribution in [0.3, 0.4) is 0 Å². The van der Waals surface area contributed by atoms with Gasteiger partial charge in [-0.3, -0.25) is 9.48 Å². The molecule has 0 aliphatic carbocycles. The van der Waals surface area contributed by atoms with Gasteiger partial charge in [0, 0.05) is 26.2 Å². The van der Waals surface area contributed by atoms with Crippen molar-refractivity contribution in [2.75, 3.05) is 13.1 Å². The van der Waals surface area contributed by atoms with E-state index in [0.29, 0.717) is 5.69 Å². The Morgan fingerprint density at radius 3 is 2.59 bits per heavy atom. The number of hydrogen-bond acceptors (Lipinski definition) is 3. The van der Waals surface area contributed by atoms with Crippen molar-refractivity contribution in [3.8, 4) is 0 Å². The van der Waals surface area contributed by atoms with Gasteiger partial charge >= 0.3 is 0 Å². The molecule has 0 radical (unpaired) electrons. The monoisotopic (exact) mass is 322 g/mol. The van der Waals surface area contributed by atoms with Crippen molar-refractivity contribution in [1.29, 1.82) is 0 Å². The Kier molecular flexibility index (Phi) is 4.97. The Morgan fingerprint density at radius 1 is 1.53 bits per heavy atom. The number of carbonyl (C=O) groups excluding carboxylic acids is 1. The number of rotatable bonds is 1. The summed E-state index contributed by atoms with van der Waals surface area (Å²) in [7, 11) is 1.77. The van der Waals surface area contributed by atoms with E-state index < -0.39 is 0 Å². The van der Waals surface area contributed by atoms with Crippen LogP contribution in [0, 0.1) is 0 Å². The highest BCUT2D eigenvalue weighted by atomic mass is 79.9. The second-order valence-electron chi connectivity index (χ2n) is 4.09. The zero-order valence-corrected chi connectivity index (χ0v) is 12.0. The first-order valence-electron chi connectivity index (χ1n) is 5.32. The van der Waals surface area contributed by atoms with Gasteiger partial charge in [-0.05, 0) is 28.8 Å². The van der Waals surface area contributed by atoms with Crippen LogP contribution in [0.4, 0.5) is 0 Å². The van der Waals surface area contributed by atoms with Gasteiger partial charge in [0.25, 0.3) is 5.91 Å². The molecule has 0 aromatic carbocycles. The van der Waals surface area contributed by atoms with Crippen molar-refractivity contribution >= 4 is 34.2 Å². The zero-order chi connectivity index (χ0) is 11.7. The third-order valence-corrected chi connectivity index (χ3v) is 3.50. The van der Waals surface area contributed by atoms with E-state index in [1.54, 1.807) is 17.9 Å². The fourth-order valence-electron chi connectivity index (χ4n) is 1.90. The molecule has 1 saturated heterocycles. The van der Waals surface area contributed by atoms with Crippen LogP contribution < -0.4 is 5.73 Å². The summed E-state index contributed by atoms with van der Waals surface area (Å²) in [6.07, 6.45) is 3.39. The molecule has 17 heavy (non-hydrogen) atoms. The van der Waals surface area contributed by atoms with Crippen molar-refractivity contribution < 1.29 is 4.79 Å². The number of nitrogens with zero attached hydrogens (tertiary/aromatic N) is 3. The van der Waals surface area contributed by atoms with Crippen molar-refractivity contribution in [3.05, 3.63) is 16.4 Å². The minimum absolute atomic E-state index is 0. The number of amides is 1. The molecule has 0 saturated carbocycles. The Labute approximate surface area is 115 Å². The fraction of sp³-hybridized carbons (Fsp3) is 0.600. The average Bonchev–Trinajstić information content (AvgIpc) is 2.59. The van der Waals surface area contributed by atoms with Gasteiger partial charge in [0.05, 0.1) is 10.7 Å². The first-order valence-corrected chi connectivity index (χ1v) is 6.11. The van der Waals surface area contributed by atoms with Crippen molar-refractivity contribution in [1.82, 2.24) is 14.7 Å². The van der Waals surface area contributed by atoms with Crippen LogP contribution in [-0.4, -0.2) is 39.7 Å². The summed E-state index contributed by atoms with van der Waals surface area (Å²) < 4.78 is 2.34. The maximum atomic E-state index is 12.2. The quantitative estimate of drug-likeness (QED) is 0.844. The van der Waals surface area contributed by atoms with Gasteiger partial charge in [-0.15, -0.1) is 12.4 Å². The molecular weight excluding hydrogens is 307 g/mol. The average molecular weight is 324 g/mol. The Balaban J connectivity index is 0.00000144. The lowest BCUT2D eigenvalue weighted by molar-refractivity contribution is 0.0702. The summed E-state index contributed by atoms with van der Waals surface area (Å²) in [5.74, 6) is 0.0266. The van der Waals surface area contributed by atoms with Gasteiger partial charge in [-0.1, -0.05) is 0 Å². The normalized spacial score (nSPS) is 16.8. The topological polar surface area (TPSA) is 64.2 Å². The van der Waals surface area contributed by atoms with Crippen LogP contribution in [0.15, 0.2) is 10.7 Å². The van der Waals surface area contributed by atoms with Crippen molar-refractivity contribution in [3.63, 3.8) is 0 Å². The van der Waals surface area contributed by atoms with E-state index in [1.165, 1.54) is 0 Å². The summed E-state index contributed by atoms with van der Waals surface area (Å²) in [6.45, 7) is 1.47. The van der Waals surface area contributed by atoms with Crippen LogP contribution >= 0.6 is 28.3 Å². The first kappa shape index (κ1) is 14.5. The molecule has 1 aromatic rings. The lowest BCUT2D eigenvalue weighted by Gasteiger charge is -2.30. The third kappa shape index (κ3) is 3.00. The molecule has 0 atom stereocenters. The molecule has 1 amide bonds. The SMILES string of the molecule is Cl.Cn1ncc(Br)c1C(=O)N1CCC(N)CC1.